The van der Waals surface area contributed by atoms with Crippen molar-refractivity contribution < 1.29 is 8.42 Å². The minimum absolute atomic E-state index is 0.218. The first kappa shape index (κ1) is 16.3. The molecule has 2 aromatic carbocycles. The quantitative estimate of drug-likeness (QED) is 0.821. The van der Waals surface area contributed by atoms with Gasteiger partial charge < -0.3 is 5.32 Å². The predicted octanol–water partition coefficient (Wildman–Crippen LogP) is 3.62. The molecule has 7 heteroatoms. The molecule has 0 heterocycles. The van der Waals surface area contributed by atoms with Gasteiger partial charge in [0.15, 0.2) is 0 Å². The number of hydrogen-bond donors (Lipinski definition) is 2. The van der Waals surface area contributed by atoms with Gasteiger partial charge in [-0.15, -0.1) is 0 Å². The molecule has 0 aliphatic heterocycles. The Morgan fingerprint density at radius 1 is 1.19 bits per heavy atom. The molecule has 112 valence electrons. The number of para-hydroxylation sites is 1. The van der Waals surface area contributed by atoms with E-state index in [2.05, 4.69) is 26.0 Å². The molecule has 0 atom stereocenters. The molecule has 2 aromatic rings. The lowest BCUT2D eigenvalue weighted by Gasteiger charge is -2.12. The summed E-state index contributed by atoms with van der Waals surface area (Å²) in [5.41, 5.74) is 1.51. The van der Waals surface area contributed by atoms with Crippen LogP contribution in [0, 0.1) is 0 Å². The Balaban J connectivity index is 2.23. The van der Waals surface area contributed by atoms with Gasteiger partial charge >= 0.3 is 0 Å². The highest BCUT2D eigenvalue weighted by atomic mass is 79.9. The highest BCUT2D eigenvalue weighted by Gasteiger charge is 2.15. The molecular weight excluding hydrogens is 376 g/mol. The molecule has 0 spiro atoms. The minimum atomic E-state index is -3.49. The summed E-state index contributed by atoms with van der Waals surface area (Å²) in [5, 5.41) is 3.74. The molecular formula is C14H14BrClN2O2S. The second-order valence-corrected chi connectivity index (χ2v) is 7.42. The maximum Gasteiger partial charge on any atom is 0.242 e. The Hall–Kier alpha value is -1.08. The van der Waals surface area contributed by atoms with E-state index in [4.69, 9.17) is 11.6 Å². The molecule has 2 N–H and O–H groups in total. The first-order valence-corrected chi connectivity index (χ1v) is 8.80. The normalized spacial score (nSPS) is 11.4. The van der Waals surface area contributed by atoms with Crippen molar-refractivity contribution in [3.63, 3.8) is 0 Å². The average molecular weight is 390 g/mol. The fourth-order valence-corrected chi connectivity index (χ4v) is 3.16. The maximum atomic E-state index is 12.0. The summed E-state index contributed by atoms with van der Waals surface area (Å²) in [7, 11) is -2.10. The van der Waals surface area contributed by atoms with E-state index in [0.717, 1.165) is 10.0 Å². The van der Waals surface area contributed by atoms with Crippen molar-refractivity contribution in [2.75, 3.05) is 12.4 Å². The average Bonchev–Trinajstić information content (AvgIpc) is 2.49. The van der Waals surface area contributed by atoms with Gasteiger partial charge in [-0.2, -0.15) is 0 Å². The van der Waals surface area contributed by atoms with Crippen LogP contribution in [0.4, 0.5) is 5.69 Å². The third-order valence-electron chi connectivity index (χ3n) is 2.91. The van der Waals surface area contributed by atoms with Crippen LogP contribution in [-0.4, -0.2) is 15.5 Å². The van der Waals surface area contributed by atoms with Gasteiger partial charge in [0.25, 0.3) is 0 Å². The van der Waals surface area contributed by atoms with Crippen LogP contribution < -0.4 is 10.0 Å². The van der Waals surface area contributed by atoms with Gasteiger partial charge in [0, 0.05) is 11.0 Å². The van der Waals surface area contributed by atoms with Gasteiger partial charge in [0.1, 0.15) is 4.90 Å². The van der Waals surface area contributed by atoms with Gasteiger partial charge in [0.05, 0.1) is 10.7 Å². The van der Waals surface area contributed by atoms with Crippen LogP contribution in [0.1, 0.15) is 5.56 Å². The smallest absolute Gasteiger partial charge is 0.242 e. The van der Waals surface area contributed by atoms with Crippen LogP contribution in [0.2, 0.25) is 5.02 Å². The summed E-state index contributed by atoms with van der Waals surface area (Å²) >= 11 is 9.37. The number of hydrogen-bond acceptors (Lipinski definition) is 3. The van der Waals surface area contributed by atoms with Crippen LogP contribution in [0.25, 0.3) is 0 Å². The summed E-state index contributed by atoms with van der Waals surface area (Å²) in [6.45, 7) is 0.475. The Morgan fingerprint density at radius 2 is 1.90 bits per heavy atom. The minimum Gasteiger partial charge on any atom is -0.380 e. The Morgan fingerprint density at radius 3 is 2.57 bits per heavy atom. The first-order valence-electron chi connectivity index (χ1n) is 6.14. The number of anilines is 1. The van der Waals surface area contributed by atoms with Crippen LogP contribution >= 0.6 is 27.5 Å². The molecule has 2 rings (SSSR count). The Labute approximate surface area is 137 Å². The third-order valence-corrected chi connectivity index (χ3v) is 5.62. The zero-order valence-electron chi connectivity index (χ0n) is 11.2. The van der Waals surface area contributed by atoms with Crippen molar-refractivity contribution in [1.29, 1.82) is 0 Å². The van der Waals surface area contributed by atoms with E-state index < -0.39 is 10.0 Å². The van der Waals surface area contributed by atoms with Crippen molar-refractivity contribution in [1.82, 2.24) is 4.72 Å². The number of rotatable bonds is 5. The summed E-state index contributed by atoms with van der Waals surface area (Å²) in [6, 6.07) is 12.4. The van der Waals surface area contributed by atoms with E-state index in [1.807, 2.05) is 18.2 Å². The highest BCUT2D eigenvalue weighted by molar-refractivity contribution is 9.10. The fraction of sp³-hybridized carbons (Fsp3) is 0.143. The topological polar surface area (TPSA) is 58.2 Å². The first-order chi connectivity index (χ1) is 9.94. The third kappa shape index (κ3) is 3.97. The van der Waals surface area contributed by atoms with E-state index in [-0.39, 0.29) is 4.90 Å². The SMILES string of the molecule is CNS(=O)(=O)c1ccccc1NCc1ccc(Br)c(Cl)c1. The van der Waals surface area contributed by atoms with Crippen LogP contribution in [-0.2, 0) is 16.6 Å². The molecule has 21 heavy (non-hydrogen) atoms. The van der Waals surface area contributed by atoms with Gasteiger partial charge in [0.2, 0.25) is 10.0 Å². The molecule has 0 aromatic heterocycles. The summed E-state index contributed by atoms with van der Waals surface area (Å²) in [5.74, 6) is 0. The van der Waals surface area contributed by atoms with Crippen molar-refractivity contribution in [3.05, 3.63) is 57.5 Å². The molecule has 0 bridgehead atoms. The lowest BCUT2D eigenvalue weighted by Crippen LogP contribution is -2.20. The van der Waals surface area contributed by atoms with Crippen molar-refractivity contribution in [2.24, 2.45) is 0 Å². The molecule has 4 nitrogen and oxygen atoms in total. The zero-order chi connectivity index (χ0) is 15.5. The number of benzene rings is 2. The molecule has 0 saturated heterocycles. The zero-order valence-corrected chi connectivity index (χ0v) is 14.4. The second kappa shape index (κ2) is 6.79. The van der Waals surface area contributed by atoms with E-state index in [1.54, 1.807) is 24.3 Å². The fourth-order valence-electron chi connectivity index (χ4n) is 1.80. The molecule has 0 aliphatic rings. The van der Waals surface area contributed by atoms with E-state index >= 15 is 0 Å². The molecule has 0 aliphatic carbocycles. The number of halogens is 2. The van der Waals surface area contributed by atoms with Gasteiger partial charge in [-0.1, -0.05) is 29.8 Å². The van der Waals surface area contributed by atoms with E-state index in [9.17, 15) is 8.42 Å². The molecule has 0 saturated carbocycles. The standard InChI is InChI=1S/C14H14BrClN2O2S/c1-17-21(19,20)14-5-3-2-4-13(14)18-9-10-6-7-11(15)12(16)8-10/h2-8,17-18H,9H2,1H3. The van der Waals surface area contributed by atoms with Crippen LogP contribution in [0.15, 0.2) is 51.8 Å². The van der Waals surface area contributed by atoms with Crippen molar-refractivity contribution in [3.8, 4) is 0 Å². The summed E-state index contributed by atoms with van der Waals surface area (Å²) in [6.07, 6.45) is 0. The van der Waals surface area contributed by atoms with Gasteiger partial charge in [-0.05, 0) is 52.8 Å². The van der Waals surface area contributed by atoms with Gasteiger partial charge in [-0.25, -0.2) is 13.1 Å². The number of sulfonamides is 1. The lowest BCUT2D eigenvalue weighted by molar-refractivity contribution is 0.588. The second-order valence-electron chi connectivity index (χ2n) is 4.31. The monoisotopic (exact) mass is 388 g/mol. The summed E-state index contributed by atoms with van der Waals surface area (Å²) < 4.78 is 27.0. The highest BCUT2D eigenvalue weighted by Crippen LogP contribution is 2.25. The number of nitrogens with one attached hydrogen (secondary N) is 2. The largest absolute Gasteiger partial charge is 0.380 e. The maximum absolute atomic E-state index is 12.0. The Kier molecular flexibility index (Phi) is 5.27. The predicted molar refractivity (Wildman–Crippen MR) is 89.2 cm³/mol. The van der Waals surface area contributed by atoms with E-state index in [1.165, 1.54) is 7.05 Å². The lowest BCUT2D eigenvalue weighted by atomic mass is 10.2. The van der Waals surface area contributed by atoms with Crippen molar-refractivity contribution >= 4 is 43.2 Å². The van der Waals surface area contributed by atoms with Gasteiger partial charge in [-0.3, -0.25) is 0 Å². The molecule has 0 fully saturated rings. The van der Waals surface area contributed by atoms with Crippen molar-refractivity contribution in [2.45, 2.75) is 11.4 Å². The Bertz CT molecular complexity index is 750. The van der Waals surface area contributed by atoms with Crippen LogP contribution in [0.5, 0.6) is 0 Å². The van der Waals surface area contributed by atoms with Crippen LogP contribution in [0.3, 0.4) is 0 Å². The molecule has 0 radical (unpaired) electrons. The summed E-state index contributed by atoms with van der Waals surface area (Å²) in [4.78, 5) is 0.218. The molecule has 0 unspecified atom stereocenters. The van der Waals surface area contributed by atoms with E-state index in [0.29, 0.717) is 17.3 Å². The molecule has 0 amide bonds.